The molecule has 0 aliphatic carbocycles. The molecule has 6 nitrogen and oxygen atoms in total. The van der Waals surface area contributed by atoms with Crippen LogP contribution in [0.5, 0.6) is 23.0 Å². The van der Waals surface area contributed by atoms with Crippen LogP contribution in [0.4, 0.5) is 0 Å². The molecule has 0 unspecified atom stereocenters. The van der Waals surface area contributed by atoms with E-state index in [9.17, 15) is 9.59 Å². The van der Waals surface area contributed by atoms with Gasteiger partial charge in [-0.05, 0) is 55.0 Å². The van der Waals surface area contributed by atoms with Crippen molar-refractivity contribution in [2.45, 2.75) is 6.92 Å². The van der Waals surface area contributed by atoms with Crippen molar-refractivity contribution < 1.29 is 28.5 Å². The molecule has 1 heterocycles. The molecule has 0 aromatic heterocycles. The predicted molar refractivity (Wildman–Crippen MR) is 120 cm³/mol. The van der Waals surface area contributed by atoms with Crippen molar-refractivity contribution in [3.63, 3.8) is 0 Å². The van der Waals surface area contributed by atoms with Gasteiger partial charge in [0.1, 0.15) is 23.0 Å². The van der Waals surface area contributed by atoms with E-state index in [1.165, 1.54) is 0 Å². The maximum absolute atomic E-state index is 12.9. The van der Waals surface area contributed by atoms with Crippen molar-refractivity contribution in [1.29, 1.82) is 0 Å². The van der Waals surface area contributed by atoms with Crippen LogP contribution in [-0.4, -0.2) is 32.4 Å². The zero-order valence-corrected chi connectivity index (χ0v) is 18.0. The molecule has 0 spiro atoms. The molecule has 0 N–H and O–H groups in total. The van der Waals surface area contributed by atoms with Crippen LogP contribution < -0.4 is 18.9 Å². The summed E-state index contributed by atoms with van der Waals surface area (Å²) in [5.74, 6) is 2.01. The van der Waals surface area contributed by atoms with Crippen molar-refractivity contribution >= 4 is 17.6 Å². The Labute approximate surface area is 186 Å². The minimum absolute atomic E-state index is 0.136. The van der Waals surface area contributed by atoms with Crippen LogP contribution in [0, 0.1) is 6.92 Å². The van der Waals surface area contributed by atoms with Gasteiger partial charge in [-0.3, -0.25) is 9.59 Å². The molecule has 3 aromatic carbocycles. The molecule has 1 aliphatic heterocycles. The van der Waals surface area contributed by atoms with Crippen molar-refractivity contribution in [2.75, 3.05) is 20.8 Å². The number of para-hydroxylation sites is 1. The molecular weight excluding hydrogens is 408 g/mol. The Morgan fingerprint density at radius 1 is 0.969 bits per heavy atom. The molecule has 0 amide bonds. The molecule has 0 radical (unpaired) electrons. The summed E-state index contributed by atoms with van der Waals surface area (Å²) in [4.78, 5) is 25.3. The van der Waals surface area contributed by atoms with E-state index >= 15 is 0 Å². The molecule has 0 atom stereocenters. The lowest BCUT2D eigenvalue weighted by Gasteiger charge is -2.09. The monoisotopic (exact) mass is 430 g/mol. The number of rotatable bonds is 7. The Kier molecular flexibility index (Phi) is 5.94. The van der Waals surface area contributed by atoms with E-state index in [4.69, 9.17) is 18.9 Å². The highest BCUT2D eigenvalue weighted by Gasteiger charge is 2.30. The number of Topliss-reactive ketones (excluding diaryl/α,β-unsaturated/α-hetero) is 2. The summed E-state index contributed by atoms with van der Waals surface area (Å²) in [6.07, 6.45) is 1.66. The summed E-state index contributed by atoms with van der Waals surface area (Å²) in [7, 11) is 3.14. The molecule has 0 saturated carbocycles. The van der Waals surface area contributed by atoms with Crippen LogP contribution in [-0.2, 0) is 0 Å². The zero-order valence-electron chi connectivity index (χ0n) is 18.0. The molecule has 162 valence electrons. The van der Waals surface area contributed by atoms with Crippen LogP contribution in [0.2, 0.25) is 0 Å². The average molecular weight is 430 g/mol. The number of ether oxygens (including phenoxy) is 4. The third-order valence-electron chi connectivity index (χ3n) is 5.15. The lowest BCUT2D eigenvalue weighted by Crippen LogP contribution is -2.11. The van der Waals surface area contributed by atoms with Crippen LogP contribution in [0.25, 0.3) is 6.08 Å². The number of methoxy groups -OCH3 is 2. The van der Waals surface area contributed by atoms with Gasteiger partial charge < -0.3 is 18.9 Å². The Bertz CT molecular complexity index is 1210. The summed E-state index contributed by atoms with van der Waals surface area (Å²) in [5.41, 5.74) is 2.46. The van der Waals surface area contributed by atoms with Crippen LogP contribution in [0.3, 0.4) is 0 Å². The SMILES string of the molecule is COc1ccc(C(=O)COc2cc(C)c3c(c2)O/C(=C\c2ccccc2OC)C3=O)cc1. The normalized spacial score (nSPS) is 13.5. The molecule has 32 heavy (non-hydrogen) atoms. The van der Waals surface area contributed by atoms with E-state index < -0.39 is 0 Å². The van der Waals surface area contributed by atoms with Crippen molar-refractivity contribution in [1.82, 2.24) is 0 Å². The fraction of sp³-hybridized carbons (Fsp3) is 0.154. The standard InChI is InChI=1S/C26H22O6/c1-16-12-20(31-15-21(27)17-8-10-19(29-2)11-9-17)14-23-25(16)26(28)24(32-23)13-18-6-4-5-7-22(18)30-3/h4-14H,15H2,1-3H3/b24-13-. The number of hydrogen-bond acceptors (Lipinski definition) is 6. The highest BCUT2D eigenvalue weighted by molar-refractivity contribution is 6.15. The number of allylic oxidation sites excluding steroid dienone is 1. The first kappa shape index (κ1) is 21.2. The van der Waals surface area contributed by atoms with Gasteiger partial charge in [0.05, 0.1) is 19.8 Å². The van der Waals surface area contributed by atoms with Gasteiger partial charge in [0, 0.05) is 17.2 Å². The van der Waals surface area contributed by atoms with Gasteiger partial charge in [0.25, 0.3) is 0 Å². The number of carbonyl (C=O) groups excluding carboxylic acids is 2. The van der Waals surface area contributed by atoms with E-state index in [2.05, 4.69) is 0 Å². The first-order valence-corrected chi connectivity index (χ1v) is 10.0. The third-order valence-corrected chi connectivity index (χ3v) is 5.15. The molecule has 4 rings (SSSR count). The Morgan fingerprint density at radius 3 is 2.44 bits per heavy atom. The molecule has 1 aliphatic rings. The van der Waals surface area contributed by atoms with Crippen molar-refractivity contribution in [3.8, 4) is 23.0 Å². The molecule has 6 heteroatoms. The Balaban J connectivity index is 1.51. The summed E-state index contributed by atoms with van der Waals surface area (Å²) in [6, 6.07) is 17.6. The number of hydrogen-bond donors (Lipinski definition) is 0. The van der Waals surface area contributed by atoms with E-state index in [0.717, 1.165) is 5.56 Å². The number of aryl methyl sites for hydroxylation is 1. The Morgan fingerprint density at radius 2 is 1.72 bits per heavy atom. The number of benzene rings is 3. The van der Waals surface area contributed by atoms with Crippen LogP contribution in [0.15, 0.2) is 66.4 Å². The van der Waals surface area contributed by atoms with E-state index in [1.807, 2.05) is 31.2 Å². The topological polar surface area (TPSA) is 71.1 Å². The van der Waals surface area contributed by atoms with Gasteiger partial charge in [-0.2, -0.15) is 0 Å². The summed E-state index contributed by atoms with van der Waals surface area (Å²) < 4.78 is 22.0. The van der Waals surface area contributed by atoms with Gasteiger partial charge >= 0.3 is 0 Å². The second-order valence-electron chi connectivity index (χ2n) is 7.24. The number of fused-ring (bicyclic) bond motifs is 1. The van der Waals surface area contributed by atoms with Crippen molar-refractivity contribution in [2.24, 2.45) is 0 Å². The summed E-state index contributed by atoms with van der Waals surface area (Å²) in [6.45, 7) is 1.67. The molecule has 3 aromatic rings. The largest absolute Gasteiger partial charge is 0.497 e. The number of carbonyl (C=O) groups is 2. The Hall–Kier alpha value is -4.06. The summed E-state index contributed by atoms with van der Waals surface area (Å²) in [5, 5.41) is 0. The van der Waals surface area contributed by atoms with Crippen LogP contribution in [0.1, 0.15) is 31.8 Å². The molecule has 0 bridgehead atoms. The first-order valence-electron chi connectivity index (χ1n) is 10.0. The second-order valence-corrected chi connectivity index (χ2v) is 7.24. The van der Waals surface area contributed by atoms with Gasteiger partial charge in [-0.15, -0.1) is 0 Å². The maximum Gasteiger partial charge on any atom is 0.232 e. The minimum atomic E-state index is -0.204. The lowest BCUT2D eigenvalue weighted by molar-refractivity contribution is 0.0920. The molecular formula is C26H22O6. The fourth-order valence-corrected chi connectivity index (χ4v) is 3.50. The second kappa shape index (κ2) is 8.98. The van der Waals surface area contributed by atoms with Gasteiger partial charge in [-0.1, -0.05) is 18.2 Å². The molecule has 0 fully saturated rings. The zero-order chi connectivity index (χ0) is 22.7. The fourth-order valence-electron chi connectivity index (χ4n) is 3.50. The van der Waals surface area contributed by atoms with E-state index in [0.29, 0.717) is 39.7 Å². The van der Waals surface area contributed by atoms with E-state index in [-0.39, 0.29) is 23.9 Å². The highest BCUT2D eigenvalue weighted by atomic mass is 16.5. The first-order chi connectivity index (χ1) is 15.5. The van der Waals surface area contributed by atoms with Gasteiger partial charge in [0.2, 0.25) is 5.78 Å². The maximum atomic E-state index is 12.9. The summed E-state index contributed by atoms with van der Waals surface area (Å²) >= 11 is 0. The van der Waals surface area contributed by atoms with Crippen LogP contribution >= 0.6 is 0 Å². The smallest absolute Gasteiger partial charge is 0.232 e. The van der Waals surface area contributed by atoms with Gasteiger partial charge in [0.15, 0.2) is 18.1 Å². The predicted octanol–water partition coefficient (Wildman–Crippen LogP) is 4.89. The number of ketones is 2. The van der Waals surface area contributed by atoms with Gasteiger partial charge in [-0.25, -0.2) is 0 Å². The average Bonchev–Trinajstić information content (AvgIpc) is 3.13. The third kappa shape index (κ3) is 4.21. The van der Waals surface area contributed by atoms with E-state index in [1.54, 1.807) is 56.7 Å². The lowest BCUT2D eigenvalue weighted by atomic mass is 10.0. The quantitative estimate of drug-likeness (QED) is 0.393. The molecule has 0 saturated heterocycles. The highest BCUT2D eigenvalue weighted by Crippen LogP contribution is 2.38. The van der Waals surface area contributed by atoms with Crippen molar-refractivity contribution in [3.05, 3.63) is 88.7 Å². The minimum Gasteiger partial charge on any atom is -0.497 e.